The second-order valence-electron chi connectivity index (χ2n) is 6.18. The van der Waals surface area contributed by atoms with Crippen molar-refractivity contribution in [1.29, 1.82) is 5.26 Å². The van der Waals surface area contributed by atoms with Gasteiger partial charge in [0.1, 0.15) is 28.8 Å². The zero-order valence-corrected chi connectivity index (χ0v) is 15.9. The summed E-state index contributed by atoms with van der Waals surface area (Å²) in [5.74, 6) is -1.54. The minimum atomic E-state index is -0.614. The summed E-state index contributed by atoms with van der Waals surface area (Å²) in [6, 6.07) is 6.81. The third-order valence-electron chi connectivity index (χ3n) is 3.68. The number of rotatable bonds is 6. The van der Waals surface area contributed by atoms with Crippen LogP contribution in [-0.2, 0) is 9.53 Å². The van der Waals surface area contributed by atoms with Gasteiger partial charge in [-0.2, -0.15) is 5.26 Å². The number of nitriles is 1. The van der Waals surface area contributed by atoms with Crippen LogP contribution >= 0.6 is 11.3 Å². The van der Waals surface area contributed by atoms with Crippen molar-refractivity contribution in [2.75, 3.05) is 5.32 Å². The van der Waals surface area contributed by atoms with E-state index in [0.717, 1.165) is 0 Å². The Labute approximate surface area is 164 Å². The Morgan fingerprint density at radius 2 is 2.07 bits per heavy atom. The van der Waals surface area contributed by atoms with Crippen LogP contribution in [0.25, 0.3) is 5.65 Å². The minimum Gasteiger partial charge on any atom is -0.463 e. The number of thiophene rings is 1. The molecule has 0 unspecified atom stereocenters. The van der Waals surface area contributed by atoms with E-state index in [4.69, 9.17) is 10.00 Å². The zero-order valence-electron chi connectivity index (χ0n) is 15.1. The Hall–Kier alpha value is -3.51. The predicted octanol–water partition coefficient (Wildman–Crippen LogP) is 3.04. The highest BCUT2D eigenvalue weighted by Gasteiger charge is 2.20. The molecule has 28 heavy (non-hydrogen) atoms. The number of pyridine rings is 1. The highest BCUT2D eigenvalue weighted by Crippen LogP contribution is 2.25. The van der Waals surface area contributed by atoms with Gasteiger partial charge in [-0.3, -0.25) is 14.4 Å². The van der Waals surface area contributed by atoms with E-state index in [1.807, 2.05) is 6.07 Å². The summed E-state index contributed by atoms with van der Waals surface area (Å²) >= 11 is 1.17. The number of ketones is 1. The number of carbonyl (C=O) groups is 3. The number of imidazole rings is 1. The lowest BCUT2D eigenvalue weighted by atomic mass is 10.1. The Kier molecular flexibility index (Phi) is 5.52. The lowest BCUT2D eigenvalue weighted by molar-refractivity contribution is -0.146. The molecule has 9 heteroatoms. The number of nitrogens with zero attached hydrogens (tertiary/aromatic N) is 3. The molecule has 0 spiro atoms. The number of esters is 1. The maximum Gasteiger partial charge on any atom is 0.313 e. The molecule has 0 radical (unpaired) electrons. The Balaban J connectivity index is 1.75. The monoisotopic (exact) mass is 396 g/mol. The molecule has 0 bridgehead atoms. The Bertz CT molecular complexity index is 1110. The number of carbonyl (C=O) groups excluding carboxylic acids is 3. The van der Waals surface area contributed by atoms with Crippen molar-refractivity contribution in [2.24, 2.45) is 0 Å². The van der Waals surface area contributed by atoms with Gasteiger partial charge >= 0.3 is 5.97 Å². The fourth-order valence-electron chi connectivity index (χ4n) is 2.49. The van der Waals surface area contributed by atoms with Crippen molar-refractivity contribution >= 4 is 39.6 Å². The van der Waals surface area contributed by atoms with Crippen LogP contribution < -0.4 is 5.32 Å². The molecule has 142 valence electrons. The maximum absolute atomic E-state index is 12.5. The molecule has 0 aliphatic rings. The number of hydrogen-bond acceptors (Lipinski definition) is 7. The SMILES string of the molecule is CC(C)OC(=O)CC(=O)c1ccsc1NC(=O)c1cn2cc(C#N)ccc2n1. The first-order chi connectivity index (χ1) is 13.4. The molecule has 1 amide bonds. The average molecular weight is 396 g/mol. The number of Topliss-reactive ketones (excluding diaryl/α,β-unsaturated/α-hetero) is 1. The zero-order chi connectivity index (χ0) is 20.3. The van der Waals surface area contributed by atoms with Crippen LogP contribution in [0, 0.1) is 11.3 Å². The number of nitrogens with one attached hydrogen (secondary N) is 1. The normalized spacial score (nSPS) is 10.6. The third kappa shape index (κ3) is 4.24. The highest BCUT2D eigenvalue weighted by atomic mass is 32.1. The van der Waals surface area contributed by atoms with E-state index in [-0.39, 0.29) is 17.4 Å². The first-order valence-electron chi connectivity index (χ1n) is 8.37. The van der Waals surface area contributed by atoms with E-state index >= 15 is 0 Å². The molecule has 3 rings (SSSR count). The number of hydrogen-bond donors (Lipinski definition) is 1. The second kappa shape index (κ2) is 8.02. The van der Waals surface area contributed by atoms with Gasteiger partial charge in [0, 0.05) is 12.4 Å². The fraction of sp³-hybridized carbons (Fsp3) is 0.211. The molecule has 0 aliphatic heterocycles. The molecule has 3 aromatic rings. The summed E-state index contributed by atoms with van der Waals surface area (Å²) in [5, 5.41) is 13.6. The van der Waals surface area contributed by atoms with E-state index in [9.17, 15) is 14.4 Å². The van der Waals surface area contributed by atoms with E-state index in [0.29, 0.717) is 16.2 Å². The molecule has 3 aromatic heterocycles. The van der Waals surface area contributed by atoms with Gasteiger partial charge in [0.25, 0.3) is 5.91 Å². The largest absolute Gasteiger partial charge is 0.463 e. The van der Waals surface area contributed by atoms with E-state index in [1.54, 1.807) is 48.0 Å². The number of amides is 1. The molecular formula is C19H16N4O4S. The van der Waals surface area contributed by atoms with Crippen LogP contribution in [0.3, 0.4) is 0 Å². The summed E-state index contributed by atoms with van der Waals surface area (Å²) in [4.78, 5) is 40.8. The fourth-order valence-corrected chi connectivity index (χ4v) is 3.29. The van der Waals surface area contributed by atoms with Crippen LogP contribution in [0.5, 0.6) is 0 Å². The molecule has 0 aliphatic carbocycles. The van der Waals surface area contributed by atoms with E-state index in [2.05, 4.69) is 10.3 Å². The molecule has 8 nitrogen and oxygen atoms in total. The topological polar surface area (TPSA) is 114 Å². The van der Waals surface area contributed by atoms with Crippen LogP contribution in [0.2, 0.25) is 0 Å². The number of fused-ring (bicyclic) bond motifs is 1. The lowest BCUT2D eigenvalue weighted by Gasteiger charge is -2.08. The summed E-state index contributed by atoms with van der Waals surface area (Å²) < 4.78 is 6.56. The summed E-state index contributed by atoms with van der Waals surface area (Å²) in [6.45, 7) is 3.40. The Morgan fingerprint density at radius 1 is 1.29 bits per heavy atom. The first kappa shape index (κ1) is 19.3. The van der Waals surface area contributed by atoms with Crippen molar-refractivity contribution in [3.8, 4) is 6.07 Å². The van der Waals surface area contributed by atoms with Crippen LogP contribution in [-0.4, -0.2) is 33.1 Å². The predicted molar refractivity (Wildman–Crippen MR) is 102 cm³/mol. The Morgan fingerprint density at radius 3 is 2.79 bits per heavy atom. The molecule has 0 atom stereocenters. The van der Waals surface area contributed by atoms with Crippen LogP contribution in [0.4, 0.5) is 5.00 Å². The molecule has 1 N–H and O–H groups in total. The van der Waals surface area contributed by atoms with Crippen LogP contribution in [0.1, 0.15) is 46.7 Å². The van der Waals surface area contributed by atoms with E-state index in [1.165, 1.54) is 17.5 Å². The van der Waals surface area contributed by atoms with Crippen molar-refractivity contribution in [3.05, 3.63) is 52.8 Å². The number of ether oxygens (including phenoxy) is 1. The smallest absolute Gasteiger partial charge is 0.313 e. The van der Waals surface area contributed by atoms with Gasteiger partial charge in [-0.1, -0.05) is 0 Å². The van der Waals surface area contributed by atoms with Gasteiger partial charge in [-0.05, 0) is 37.4 Å². The average Bonchev–Trinajstić information content (AvgIpc) is 3.26. The van der Waals surface area contributed by atoms with Gasteiger partial charge in [0.2, 0.25) is 0 Å². The van der Waals surface area contributed by atoms with Crippen molar-refractivity contribution < 1.29 is 19.1 Å². The summed E-state index contributed by atoms with van der Waals surface area (Å²) in [7, 11) is 0. The molecule has 3 heterocycles. The van der Waals surface area contributed by atoms with Crippen molar-refractivity contribution in [1.82, 2.24) is 9.38 Å². The van der Waals surface area contributed by atoms with Gasteiger partial charge in [-0.15, -0.1) is 11.3 Å². The standard InChI is InChI=1S/C19H16N4O4S/c1-11(2)27-17(25)7-15(24)13-5-6-28-19(13)22-18(26)14-10-23-9-12(8-20)3-4-16(23)21-14/h3-6,9-11H,7H2,1-2H3,(H,22,26). The number of aromatic nitrogens is 2. The summed E-state index contributed by atoms with van der Waals surface area (Å²) in [6.07, 6.45) is 2.36. The molecule has 0 aromatic carbocycles. The molecule has 0 saturated heterocycles. The third-order valence-corrected chi connectivity index (χ3v) is 4.51. The molecular weight excluding hydrogens is 380 g/mol. The molecule has 0 fully saturated rings. The van der Waals surface area contributed by atoms with Crippen molar-refractivity contribution in [3.63, 3.8) is 0 Å². The van der Waals surface area contributed by atoms with Gasteiger partial charge in [0.15, 0.2) is 5.78 Å². The number of anilines is 1. The highest BCUT2D eigenvalue weighted by molar-refractivity contribution is 7.14. The maximum atomic E-state index is 12.5. The lowest BCUT2D eigenvalue weighted by Crippen LogP contribution is -2.17. The van der Waals surface area contributed by atoms with Crippen molar-refractivity contribution in [2.45, 2.75) is 26.4 Å². The second-order valence-corrected chi connectivity index (χ2v) is 7.09. The van der Waals surface area contributed by atoms with Gasteiger partial charge in [-0.25, -0.2) is 4.98 Å². The minimum absolute atomic E-state index is 0.140. The first-order valence-corrected chi connectivity index (χ1v) is 9.25. The van der Waals surface area contributed by atoms with Gasteiger partial charge < -0.3 is 14.5 Å². The van der Waals surface area contributed by atoms with Crippen LogP contribution in [0.15, 0.2) is 36.0 Å². The summed E-state index contributed by atoms with van der Waals surface area (Å²) in [5.41, 5.74) is 1.34. The van der Waals surface area contributed by atoms with Gasteiger partial charge in [0.05, 0.1) is 17.2 Å². The van der Waals surface area contributed by atoms with E-state index < -0.39 is 24.1 Å². The quantitative estimate of drug-likeness (QED) is 0.389. The molecule has 0 saturated carbocycles.